The number of rotatable bonds is 8. The van der Waals surface area contributed by atoms with Gasteiger partial charge in [-0.1, -0.05) is 30.3 Å². The van der Waals surface area contributed by atoms with Crippen LogP contribution in [-0.2, 0) is 21.2 Å². The molecule has 2 aromatic rings. The van der Waals surface area contributed by atoms with Gasteiger partial charge in [0.05, 0.1) is 12.0 Å². The maximum Gasteiger partial charge on any atom is 0.263 e. The van der Waals surface area contributed by atoms with Crippen LogP contribution in [-0.4, -0.2) is 68.1 Å². The van der Waals surface area contributed by atoms with Crippen LogP contribution < -0.4 is 10.2 Å². The minimum absolute atomic E-state index is 0.0802. The Morgan fingerprint density at radius 1 is 1.13 bits per heavy atom. The summed E-state index contributed by atoms with van der Waals surface area (Å²) in [6, 6.07) is 15.1. The summed E-state index contributed by atoms with van der Waals surface area (Å²) in [6.45, 7) is 1.63. The molecular formula is C21H27N3O5S. The molecule has 2 N–H and O–H groups in total. The second kappa shape index (κ2) is 10.0. The molecule has 162 valence electrons. The lowest BCUT2D eigenvalue weighted by atomic mass is 10.1. The van der Waals surface area contributed by atoms with E-state index in [1.165, 1.54) is 24.8 Å². The smallest absolute Gasteiger partial charge is 0.263 e. The third-order valence-electron chi connectivity index (χ3n) is 5.28. The van der Waals surface area contributed by atoms with Crippen molar-refractivity contribution in [3.8, 4) is 5.75 Å². The van der Waals surface area contributed by atoms with Crippen molar-refractivity contribution >= 4 is 15.9 Å². The van der Waals surface area contributed by atoms with E-state index in [-0.39, 0.29) is 18.0 Å². The second-order valence-corrected chi connectivity index (χ2v) is 9.06. The molecule has 0 aromatic heterocycles. The van der Waals surface area contributed by atoms with Crippen molar-refractivity contribution < 1.29 is 23.2 Å². The van der Waals surface area contributed by atoms with Crippen molar-refractivity contribution in [3.63, 3.8) is 0 Å². The molecule has 1 amide bonds. The Labute approximate surface area is 177 Å². The third kappa shape index (κ3) is 5.17. The predicted octanol–water partition coefficient (Wildman–Crippen LogP) is 1.51. The number of ether oxygens (including phenoxy) is 1. The van der Waals surface area contributed by atoms with Crippen molar-refractivity contribution in [2.75, 3.05) is 33.3 Å². The van der Waals surface area contributed by atoms with Gasteiger partial charge in [0.2, 0.25) is 10.0 Å². The minimum atomic E-state index is -3.90. The molecule has 2 aromatic carbocycles. The van der Waals surface area contributed by atoms with E-state index in [0.29, 0.717) is 12.3 Å². The van der Waals surface area contributed by atoms with Crippen molar-refractivity contribution in [2.24, 2.45) is 0 Å². The minimum Gasteiger partial charge on any atom is -0.497 e. The summed E-state index contributed by atoms with van der Waals surface area (Å²) in [6.07, 6.45) is 1.80. The summed E-state index contributed by atoms with van der Waals surface area (Å²) >= 11 is 0. The van der Waals surface area contributed by atoms with Gasteiger partial charge in [0.15, 0.2) is 0 Å². The van der Waals surface area contributed by atoms with Gasteiger partial charge in [0.1, 0.15) is 11.8 Å². The van der Waals surface area contributed by atoms with Gasteiger partial charge in [0.25, 0.3) is 5.91 Å². The third-order valence-corrected chi connectivity index (χ3v) is 7.20. The highest BCUT2D eigenvalue weighted by Crippen LogP contribution is 2.24. The van der Waals surface area contributed by atoms with Gasteiger partial charge >= 0.3 is 0 Å². The fourth-order valence-electron chi connectivity index (χ4n) is 3.64. The molecule has 30 heavy (non-hydrogen) atoms. The SMILES string of the molecule is COc1ccc(S(=O)(=O)N2CCN(CCCc3ccccc3)CC2C(=O)NO)cc1. The van der Waals surface area contributed by atoms with E-state index < -0.39 is 22.0 Å². The first-order valence-electron chi connectivity index (χ1n) is 9.82. The Kier molecular flexibility index (Phi) is 7.43. The Balaban J connectivity index is 1.69. The number of nitrogens with one attached hydrogen (secondary N) is 1. The standard InChI is InChI=1S/C21H27N3O5S/c1-29-18-9-11-19(12-10-18)30(27,28)24-15-14-23(16-20(24)21(25)22-26)13-5-8-17-6-3-2-4-7-17/h2-4,6-7,9-12,20,26H,5,8,13-16H2,1H3,(H,22,25). The van der Waals surface area contributed by atoms with Gasteiger partial charge in [-0.05, 0) is 49.2 Å². The number of hydrogen-bond donors (Lipinski definition) is 2. The van der Waals surface area contributed by atoms with Gasteiger partial charge in [-0.2, -0.15) is 4.31 Å². The molecule has 1 unspecified atom stereocenters. The van der Waals surface area contributed by atoms with Crippen molar-refractivity contribution in [2.45, 2.75) is 23.8 Å². The molecular weight excluding hydrogens is 406 g/mol. The van der Waals surface area contributed by atoms with Gasteiger partial charge in [-0.3, -0.25) is 14.9 Å². The number of hydrogen-bond acceptors (Lipinski definition) is 6. The van der Waals surface area contributed by atoms with E-state index in [0.717, 1.165) is 23.7 Å². The number of hydroxylamine groups is 1. The van der Waals surface area contributed by atoms with Gasteiger partial charge in [0, 0.05) is 19.6 Å². The highest BCUT2D eigenvalue weighted by Gasteiger charge is 2.40. The quantitative estimate of drug-likeness (QED) is 0.484. The summed E-state index contributed by atoms with van der Waals surface area (Å²) in [5.41, 5.74) is 2.86. The van der Waals surface area contributed by atoms with Crippen LogP contribution >= 0.6 is 0 Å². The van der Waals surface area contributed by atoms with E-state index in [2.05, 4.69) is 17.0 Å². The zero-order chi connectivity index (χ0) is 21.6. The largest absolute Gasteiger partial charge is 0.497 e. The number of amides is 1. The lowest BCUT2D eigenvalue weighted by Crippen LogP contribution is -2.60. The zero-order valence-electron chi connectivity index (χ0n) is 16.9. The molecule has 3 rings (SSSR count). The monoisotopic (exact) mass is 433 g/mol. The van der Waals surface area contributed by atoms with Crippen LogP contribution in [0.2, 0.25) is 0 Å². The number of nitrogens with zero attached hydrogens (tertiary/aromatic N) is 2. The van der Waals surface area contributed by atoms with Crippen LogP contribution in [0.3, 0.4) is 0 Å². The summed E-state index contributed by atoms with van der Waals surface area (Å²) < 4.78 is 32.5. The highest BCUT2D eigenvalue weighted by molar-refractivity contribution is 7.89. The molecule has 1 fully saturated rings. The molecule has 1 aliphatic heterocycles. The highest BCUT2D eigenvalue weighted by atomic mass is 32.2. The number of methoxy groups -OCH3 is 1. The first-order valence-corrected chi connectivity index (χ1v) is 11.3. The van der Waals surface area contributed by atoms with Gasteiger partial charge < -0.3 is 4.74 Å². The lowest BCUT2D eigenvalue weighted by molar-refractivity contribution is -0.135. The van der Waals surface area contributed by atoms with Crippen LogP contribution in [0.5, 0.6) is 5.75 Å². The first kappa shape index (κ1) is 22.2. The molecule has 1 heterocycles. The molecule has 8 nitrogen and oxygen atoms in total. The van der Waals surface area contributed by atoms with Crippen LogP contribution in [0.4, 0.5) is 0 Å². The van der Waals surface area contributed by atoms with Gasteiger partial charge in [-0.25, -0.2) is 13.9 Å². The van der Waals surface area contributed by atoms with Crippen molar-refractivity contribution in [1.29, 1.82) is 0 Å². The number of carbonyl (C=O) groups is 1. The normalized spacial score (nSPS) is 18.1. The molecule has 0 spiro atoms. The second-order valence-electron chi connectivity index (χ2n) is 7.17. The maximum absolute atomic E-state index is 13.1. The zero-order valence-corrected chi connectivity index (χ0v) is 17.7. The number of aryl methyl sites for hydroxylation is 1. The molecule has 0 aliphatic carbocycles. The van der Waals surface area contributed by atoms with Crippen LogP contribution in [0.15, 0.2) is 59.5 Å². The molecule has 9 heteroatoms. The Morgan fingerprint density at radius 3 is 2.47 bits per heavy atom. The number of piperazine rings is 1. The fraction of sp³-hybridized carbons (Fsp3) is 0.381. The number of benzene rings is 2. The number of sulfonamides is 1. The lowest BCUT2D eigenvalue weighted by Gasteiger charge is -2.39. The topological polar surface area (TPSA) is 99.2 Å². The van der Waals surface area contributed by atoms with E-state index in [1.807, 2.05) is 18.2 Å². The molecule has 1 atom stereocenters. The van der Waals surface area contributed by atoms with E-state index >= 15 is 0 Å². The maximum atomic E-state index is 13.1. The number of carbonyl (C=O) groups excluding carboxylic acids is 1. The first-order chi connectivity index (χ1) is 14.5. The Morgan fingerprint density at radius 2 is 1.83 bits per heavy atom. The average Bonchev–Trinajstić information content (AvgIpc) is 2.79. The molecule has 1 aliphatic rings. The molecule has 0 bridgehead atoms. The summed E-state index contributed by atoms with van der Waals surface area (Å²) in [5.74, 6) is -0.193. The Hall–Kier alpha value is -2.46. The van der Waals surface area contributed by atoms with Crippen molar-refractivity contribution in [1.82, 2.24) is 14.7 Å². The van der Waals surface area contributed by atoms with Gasteiger partial charge in [-0.15, -0.1) is 0 Å². The molecule has 0 radical (unpaired) electrons. The van der Waals surface area contributed by atoms with E-state index in [9.17, 15) is 13.2 Å². The summed E-state index contributed by atoms with van der Waals surface area (Å²) in [4.78, 5) is 14.4. The van der Waals surface area contributed by atoms with Crippen LogP contribution in [0.1, 0.15) is 12.0 Å². The van der Waals surface area contributed by atoms with E-state index in [4.69, 9.17) is 9.94 Å². The Bertz CT molecular complexity index is 935. The summed E-state index contributed by atoms with van der Waals surface area (Å²) in [7, 11) is -2.40. The van der Waals surface area contributed by atoms with Crippen LogP contribution in [0, 0.1) is 0 Å². The average molecular weight is 434 g/mol. The molecule has 1 saturated heterocycles. The predicted molar refractivity (Wildman–Crippen MR) is 112 cm³/mol. The van der Waals surface area contributed by atoms with Crippen LogP contribution in [0.25, 0.3) is 0 Å². The van der Waals surface area contributed by atoms with Crippen molar-refractivity contribution in [3.05, 3.63) is 60.2 Å². The molecule has 0 saturated carbocycles. The summed E-state index contributed by atoms with van der Waals surface area (Å²) in [5, 5.41) is 9.16. The van der Waals surface area contributed by atoms with E-state index in [1.54, 1.807) is 17.6 Å². The fourth-order valence-corrected chi connectivity index (χ4v) is 5.21.